The van der Waals surface area contributed by atoms with E-state index in [4.69, 9.17) is 4.74 Å². The molecule has 2 aromatic rings. The molecule has 0 saturated heterocycles. The van der Waals surface area contributed by atoms with Crippen LogP contribution in [-0.4, -0.2) is 39.2 Å². The van der Waals surface area contributed by atoms with Gasteiger partial charge in [-0.15, -0.1) is 0 Å². The molecule has 2 aromatic carbocycles. The first-order valence-electron chi connectivity index (χ1n) is 8.92. The monoisotopic (exact) mass is 402 g/mol. The molecule has 3 rings (SSSR count). The molecule has 0 spiro atoms. The van der Waals surface area contributed by atoms with Crippen LogP contribution in [0.5, 0.6) is 0 Å². The maximum atomic E-state index is 12.6. The Kier molecular flexibility index (Phi) is 5.99. The predicted octanol–water partition coefficient (Wildman–Crippen LogP) is 2.28. The fourth-order valence-corrected chi connectivity index (χ4v) is 4.10. The quantitative estimate of drug-likeness (QED) is 0.660. The van der Waals surface area contributed by atoms with Crippen molar-refractivity contribution >= 4 is 27.6 Å². The lowest BCUT2D eigenvalue weighted by Crippen LogP contribution is -2.27. The highest BCUT2D eigenvalue weighted by Gasteiger charge is 2.28. The van der Waals surface area contributed by atoms with E-state index >= 15 is 0 Å². The fourth-order valence-electron chi connectivity index (χ4n) is 2.75. The summed E-state index contributed by atoms with van der Waals surface area (Å²) in [6.07, 6.45) is 1.98. The molecule has 28 heavy (non-hydrogen) atoms. The van der Waals surface area contributed by atoms with E-state index in [0.717, 1.165) is 12.8 Å². The fraction of sp³-hybridized carbons (Fsp3) is 0.300. The Balaban J connectivity index is 1.69. The van der Waals surface area contributed by atoms with Gasteiger partial charge in [-0.05, 0) is 42.7 Å². The molecule has 1 saturated carbocycles. The highest BCUT2D eigenvalue weighted by Crippen LogP contribution is 2.22. The molecular formula is C20H22N2O5S. The molecule has 0 radical (unpaired) electrons. The number of anilines is 1. The summed E-state index contributed by atoms with van der Waals surface area (Å²) < 4.78 is 32.4. The third-order valence-corrected chi connectivity index (χ3v) is 5.73. The van der Waals surface area contributed by atoms with Crippen LogP contribution in [0.25, 0.3) is 0 Å². The van der Waals surface area contributed by atoms with Gasteiger partial charge < -0.3 is 10.1 Å². The van der Waals surface area contributed by atoms with E-state index in [1.807, 2.05) is 0 Å². The Morgan fingerprint density at radius 2 is 1.71 bits per heavy atom. The normalized spacial score (nSPS) is 14.8. The third-order valence-electron chi connectivity index (χ3n) is 4.41. The highest BCUT2D eigenvalue weighted by atomic mass is 32.2. The maximum absolute atomic E-state index is 12.6. The van der Waals surface area contributed by atoms with Crippen LogP contribution in [0.4, 0.5) is 5.69 Å². The summed E-state index contributed by atoms with van der Waals surface area (Å²) in [5, 5.41) is 2.87. The topological polar surface area (TPSA) is 102 Å². The largest absolute Gasteiger partial charge is 0.469 e. The molecule has 148 valence electrons. The minimum Gasteiger partial charge on any atom is -0.469 e. The molecule has 0 aromatic heterocycles. The van der Waals surface area contributed by atoms with Crippen LogP contribution in [0, 0.1) is 0 Å². The number of benzene rings is 2. The number of methoxy groups -OCH3 is 1. The van der Waals surface area contributed by atoms with Gasteiger partial charge in [0.2, 0.25) is 10.0 Å². The Morgan fingerprint density at radius 3 is 2.29 bits per heavy atom. The molecule has 0 bridgehead atoms. The van der Waals surface area contributed by atoms with Crippen molar-refractivity contribution in [3.63, 3.8) is 0 Å². The van der Waals surface area contributed by atoms with Crippen LogP contribution in [0.15, 0.2) is 54.6 Å². The second-order valence-corrected chi connectivity index (χ2v) is 8.46. The van der Waals surface area contributed by atoms with Gasteiger partial charge >= 0.3 is 5.97 Å². The van der Waals surface area contributed by atoms with E-state index in [1.165, 1.54) is 19.2 Å². The first-order valence-corrected chi connectivity index (χ1v) is 10.6. The Bertz CT molecular complexity index is 938. The summed E-state index contributed by atoms with van der Waals surface area (Å²) in [7, 11) is -2.60. The molecule has 7 nitrogen and oxygen atoms in total. The van der Waals surface area contributed by atoms with E-state index in [9.17, 15) is 18.0 Å². The lowest BCUT2D eigenvalue weighted by Gasteiger charge is -2.16. The van der Waals surface area contributed by atoms with Crippen molar-refractivity contribution in [1.29, 1.82) is 0 Å². The predicted molar refractivity (Wildman–Crippen MR) is 106 cm³/mol. The third kappa shape index (κ3) is 5.32. The SMILES string of the molecule is COC(=O)[C@H](CS(=O)(=O)Nc1ccc(C(=O)NC2CC2)cc1)c1ccccc1. The van der Waals surface area contributed by atoms with Gasteiger partial charge in [-0.3, -0.25) is 14.3 Å². The Morgan fingerprint density at radius 1 is 1.07 bits per heavy atom. The van der Waals surface area contributed by atoms with Gasteiger partial charge in [0, 0.05) is 17.3 Å². The lowest BCUT2D eigenvalue weighted by molar-refractivity contribution is -0.141. The molecule has 0 aliphatic heterocycles. The number of esters is 1. The Labute approximate surface area is 164 Å². The van der Waals surface area contributed by atoms with Crippen LogP contribution in [-0.2, 0) is 19.6 Å². The minimum atomic E-state index is -3.83. The van der Waals surface area contributed by atoms with Gasteiger partial charge in [-0.1, -0.05) is 30.3 Å². The number of nitrogens with one attached hydrogen (secondary N) is 2. The van der Waals surface area contributed by atoms with Crippen LogP contribution in [0.3, 0.4) is 0 Å². The second-order valence-electron chi connectivity index (χ2n) is 6.69. The zero-order valence-corrected chi connectivity index (χ0v) is 16.2. The molecule has 1 amide bonds. The molecule has 0 heterocycles. The lowest BCUT2D eigenvalue weighted by atomic mass is 10.0. The molecule has 1 atom stereocenters. The van der Waals surface area contributed by atoms with Gasteiger partial charge in [-0.25, -0.2) is 8.42 Å². The Hall–Kier alpha value is -2.87. The number of carbonyl (C=O) groups excluding carboxylic acids is 2. The van der Waals surface area contributed by atoms with Crippen molar-refractivity contribution in [3.05, 3.63) is 65.7 Å². The van der Waals surface area contributed by atoms with Gasteiger partial charge in [0.25, 0.3) is 5.91 Å². The van der Waals surface area contributed by atoms with Crippen LogP contribution in [0.2, 0.25) is 0 Å². The van der Waals surface area contributed by atoms with Gasteiger partial charge in [0.15, 0.2) is 0 Å². The average Bonchev–Trinajstić information content (AvgIpc) is 3.50. The summed E-state index contributed by atoms with van der Waals surface area (Å²) in [6.45, 7) is 0. The number of hydrogen-bond acceptors (Lipinski definition) is 5. The average molecular weight is 402 g/mol. The number of sulfonamides is 1. The molecule has 1 aliphatic rings. The highest BCUT2D eigenvalue weighted by molar-refractivity contribution is 7.92. The second kappa shape index (κ2) is 8.43. The van der Waals surface area contributed by atoms with Crippen LogP contribution < -0.4 is 10.0 Å². The molecule has 2 N–H and O–H groups in total. The van der Waals surface area contributed by atoms with E-state index in [1.54, 1.807) is 42.5 Å². The molecule has 8 heteroatoms. The van der Waals surface area contributed by atoms with Crippen molar-refractivity contribution < 1.29 is 22.7 Å². The van der Waals surface area contributed by atoms with Crippen molar-refractivity contribution in [2.45, 2.75) is 24.8 Å². The summed E-state index contributed by atoms with van der Waals surface area (Å²) in [4.78, 5) is 24.1. The van der Waals surface area contributed by atoms with Crippen LogP contribution >= 0.6 is 0 Å². The van der Waals surface area contributed by atoms with Gasteiger partial charge in [0.1, 0.15) is 0 Å². The van der Waals surface area contributed by atoms with E-state index in [0.29, 0.717) is 16.8 Å². The standard InChI is InChI=1S/C20H22N2O5S/c1-27-20(24)18(14-5-3-2-4-6-14)13-28(25,26)22-17-9-7-15(8-10-17)19(23)21-16-11-12-16/h2-10,16,18,22H,11-13H2,1H3,(H,21,23)/t18-/m1/s1. The maximum Gasteiger partial charge on any atom is 0.314 e. The van der Waals surface area contributed by atoms with E-state index in [-0.39, 0.29) is 11.9 Å². The molecule has 1 fully saturated rings. The molecule has 0 unspecified atom stereocenters. The number of ether oxygens (including phenoxy) is 1. The summed E-state index contributed by atoms with van der Waals surface area (Å²) in [6, 6.07) is 15.0. The summed E-state index contributed by atoms with van der Waals surface area (Å²) in [5.41, 5.74) is 1.35. The van der Waals surface area contributed by atoms with Gasteiger partial charge in [0.05, 0.1) is 18.8 Å². The number of carbonyl (C=O) groups is 2. The van der Waals surface area contributed by atoms with Crippen molar-refractivity contribution in [2.75, 3.05) is 17.6 Å². The van der Waals surface area contributed by atoms with Crippen molar-refractivity contribution in [3.8, 4) is 0 Å². The van der Waals surface area contributed by atoms with Crippen LogP contribution in [0.1, 0.15) is 34.7 Å². The molecule has 1 aliphatic carbocycles. The number of rotatable bonds is 8. The summed E-state index contributed by atoms with van der Waals surface area (Å²) >= 11 is 0. The first-order chi connectivity index (χ1) is 13.4. The summed E-state index contributed by atoms with van der Waals surface area (Å²) in [5.74, 6) is -2.18. The van der Waals surface area contributed by atoms with E-state index in [2.05, 4.69) is 10.0 Å². The zero-order chi connectivity index (χ0) is 20.1. The van der Waals surface area contributed by atoms with Crippen molar-refractivity contribution in [1.82, 2.24) is 5.32 Å². The van der Waals surface area contributed by atoms with Crippen molar-refractivity contribution in [2.24, 2.45) is 0 Å². The number of amides is 1. The zero-order valence-electron chi connectivity index (χ0n) is 15.4. The minimum absolute atomic E-state index is 0.174. The van der Waals surface area contributed by atoms with E-state index < -0.39 is 27.7 Å². The van der Waals surface area contributed by atoms with Gasteiger partial charge in [-0.2, -0.15) is 0 Å². The smallest absolute Gasteiger partial charge is 0.314 e. The first kappa shape index (κ1) is 19.9. The molecular weight excluding hydrogens is 380 g/mol. The number of hydrogen-bond donors (Lipinski definition) is 2.